The van der Waals surface area contributed by atoms with Gasteiger partial charge in [-0.3, -0.25) is 4.79 Å². The number of carbonyl (C=O) groups is 2. The Bertz CT molecular complexity index is 677. The number of carboxylic acid groups (broad SMARTS) is 1. The van der Waals surface area contributed by atoms with Crippen molar-refractivity contribution in [1.82, 2.24) is 4.90 Å². The highest BCUT2D eigenvalue weighted by Crippen LogP contribution is 2.23. The average molecular weight is 299 g/mol. The Morgan fingerprint density at radius 2 is 1.86 bits per heavy atom. The third-order valence-corrected chi connectivity index (χ3v) is 3.97. The molecule has 0 spiro atoms. The van der Waals surface area contributed by atoms with Crippen molar-refractivity contribution in [2.24, 2.45) is 5.92 Å². The first-order valence-electron chi connectivity index (χ1n) is 7.30. The van der Waals surface area contributed by atoms with Crippen LogP contribution in [0.3, 0.4) is 0 Å². The Labute approximate surface area is 128 Å². The number of carboxylic acids is 1. The molecule has 1 aliphatic rings. The summed E-state index contributed by atoms with van der Waals surface area (Å²) in [6.07, 6.45) is 1.90. The summed E-state index contributed by atoms with van der Waals surface area (Å²) in [6, 6.07) is 13.0. The van der Waals surface area contributed by atoms with Gasteiger partial charge in [0, 0.05) is 13.1 Å². The Morgan fingerprint density at radius 1 is 1.14 bits per heavy atom. The Hall–Kier alpha value is -2.56. The van der Waals surface area contributed by atoms with Gasteiger partial charge in [0.1, 0.15) is 0 Å². The first-order valence-corrected chi connectivity index (χ1v) is 7.30. The number of hydrogen-bond donors (Lipinski definition) is 1. The normalized spacial score (nSPS) is 17.6. The van der Waals surface area contributed by atoms with Crippen LogP contribution in [0.1, 0.15) is 33.1 Å². The summed E-state index contributed by atoms with van der Waals surface area (Å²) in [5.74, 6) is -1.08. The quantitative estimate of drug-likeness (QED) is 0.942. The number of benzene rings is 1. The van der Waals surface area contributed by atoms with Gasteiger partial charge in [-0.2, -0.15) is 0 Å². The van der Waals surface area contributed by atoms with Crippen LogP contribution in [0.4, 0.5) is 0 Å². The van der Waals surface area contributed by atoms with E-state index in [0.717, 1.165) is 12.8 Å². The molecule has 1 aliphatic heterocycles. The number of likely N-dealkylation sites (tertiary alicyclic amines) is 1. The molecule has 1 aromatic heterocycles. The number of hydrogen-bond acceptors (Lipinski definition) is 3. The van der Waals surface area contributed by atoms with Gasteiger partial charge < -0.3 is 14.4 Å². The van der Waals surface area contributed by atoms with E-state index in [4.69, 9.17) is 9.52 Å². The summed E-state index contributed by atoms with van der Waals surface area (Å²) in [5.41, 5.74) is 1.27. The molecule has 1 fully saturated rings. The summed E-state index contributed by atoms with van der Waals surface area (Å²) < 4.78 is 5.08. The lowest BCUT2D eigenvalue weighted by Crippen LogP contribution is -2.28. The molecule has 0 saturated carbocycles. The molecule has 0 bridgehead atoms. The van der Waals surface area contributed by atoms with Crippen LogP contribution in [0.2, 0.25) is 0 Å². The largest absolute Gasteiger partial charge is 0.475 e. The molecule has 0 radical (unpaired) electrons. The summed E-state index contributed by atoms with van der Waals surface area (Å²) in [7, 11) is 0. The molecule has 3 rings (SSSR count). The fourth-order valence-electron chi connectivity index (χ4n) is 2.85. The second kappa shape index (κ2) is 6.05. The van der Waals surface area contributed by atoms with E-state index in [2.05, 4.69) is 12.1 Å². The Balaban J connectivity index is 1.62. The molecule has 114 valence electrons. The van der Waals surface area contributed by atoms with Crippen molar-refractivity contribution < 1.29 is 19.1 Å². The SMILES string of the molecule is O=C(O)c1ccc(C(=O)N2CC[C@H](Cc3ccccc3)C2)o1. The zero-order valence-corrected chi connectivity index (χ0v) is 12.1. The topological polar surface area (TPSA) is 70.8 Å². The Kier molecular flexibility index (Phi) is 3.96. The van der Waals surface area contributed by atoms with Crippen LogP contribution < -0.4 is 0 Å². The first-order chi connectivity index (χ1) is 10.6. The number of aromatic carboxylic acids is 1. The van der Waals surface area contributed by atoms with E-state index >= 15 is 0 Å². The minimum Gasteiger partial charge on any atom is -0.475 e. The smallest absolute Gasteiger partial charge is 0.371 e. The summed E-state index contributed by atoms with van der Waals surface area (Å²) >= 11 is 0. The van der Waals surface area contributed by atoms with Crippen molar-refractivity contribution in [3.63, 3.8) is 0 Å². The lowest BCUT2D eigenvalue weighted by molar-refractivity contribution is 0.0653. The Morgan fingerprint density at radius 3 is 2.55 bits per heavy atom. The number of furan rings is 1. The van der Waals surface area contributed by atoms with Crippen LogP contribution >= 0.6 is 0 Å². The maximum atomic E-state index is 12.3. The predicted octanol–water partition coefficient (Wildman–Crippen LogP) is 2.68. The third-order valence-electron chi connectivity index (χ3n) is 3.97. The van der Waals surface area contributed by atoms with Crippen LogP contribution in [0.15, 0.2) is 46.9 Å². The van der Waals surface area contributed by atoms with Crippen LogP contribution in [0.25, 0.3) is 0 Å². The molecule has 2 aromatic rings. The summed E-state index contributed by atoms with van der Waals surface area (Å²) in [5, 5.41) is 8.83. The van der Waals surface area contributed by atoms with Crippen molar-refractivity contribution in [3.05, 3.63) is 59.5 Å². The van der Waals surface area contributed by atoms with E-state index in [9.17, 15) is 9.59 Å². The molecule has 1 atom stereocenters. The van der Waals surface area contributed by atoms with E-state index < -0.39 is 5.97 Å². The molecule has 1 amide bonds. The molecule has 2 heterocycles. The highest BCUT2D eigenvalue weighted by atomic mass is 16.4. The van der Waals surface area contributed by atoms with Crippen molar-refractivity contribution in [2.45, 2.75) is 12.8 Å². The molecule has 1 saturated heterocycles. The van der Waals surface area contributed by atoms with Crippen LogP contribution in [0, 0.1) is 5.92 Å². The summed E-state index contributed by atoms with van der Waals surface area (Å²) in [6.45, 7) is 1.36. The fraction of sp³-hybridized carbons (Fsp3) is 0.294. The average Bonchev–Trinajstić information content (AvgIpc) is 3.17. The van der Waals surface area contributed by atoms with Crippen LogP contribution in [-0.2, 0) is 6.42 Å². The maximum absolute atomic E-state index is 12.3. The van der Waals surface area contributed by atoms with E-state index in [1.807, 2.05) is 18.2 Å². The number of rotatable bonds is 4. The lowest BCUT2D eigenvalue weighted by atomic mass is 9.99. The predicted molar refractivity (Wildman–Crippen MR) is 79.8 cm³/mol. The lowest BCUT2D eigenvalue weighted by Gasteiger charge is -2.15. The van der Waals surface area contributed by atoms with Gasteiger partial charge in [0.25, 0.3) is 5.91 Å². The highest BCUT2D eigenvalue weighted by molar-refractivity contribution is 5.93. The van der Waals surface area contributed by atoms with E-state index in [0.29, 0.717) is 19.0 Å². The molecule has 1 aromatic carbocycles. The fourth-order valence-corrected chi connectivity index (χ4v) is 2.85. The van der Waals surface area contributed by atoms with Crippen molar-refractivity contribution in [2.75, 3.05) is 13.1 Å². The van der Waals surface area contributed by atoms with Crippen molar-refractivity contribution >= 4 is 11.9 Å². The van der Waals surface area contributed by atoms with Gasteiger partial charge in [0.05, 0.1) is 0 Å². The molecule has 5 nitrogen and oxygen atoms in total. The minimum atomic E-state index is -1.16. The second-order valence-electron chi connectivity index (χ2n) is 5.56. The zero-order valence-electron chi connectivity index (χ0n) is 12.1. The number of carbonyl (C=O) groups excluding carboxylic acids is 1. The molecule has 5 heteroatoms. The molecule has 1 N–H and O–H groups in total. The summed E-state index contributed by atoms with van der Waals surface area (Å²) in [4.78, 5) is 24.8. The second-order valence-corrected chi connectivity index (χ2v) is 5.56. The van der Waals surface area contributed by atoms with Gasteiger partial charge >= 0.3 is 5.97 Å². The first kappa shape index (κ1) is 14.4. The van der Waals surface area contributed by atoms with Gasteiger partial charge in [-0.15, -0.1) is 0 Å². The van der Waals surface area contributed by atoms with Gasteiger partial charge in [-0.25, -0.2) is 4.79 Å². The van der Waals surface area contributed by atoms with E-state index in [1.54, 1.807) is 4.90 Å². The molecular formula is C17H17NO4. The minimum absolute atomic E-state index is 0.0951. The highest BCUT2D eigenvalue weighted by Gasteiger charge is 2.29. The monoisotopic (exact) mass is 299 g/mol. The van der Waals surface area contributed by atoms with E-state index in [1.165, 1.54) is 17.7 Å². The number of nitrogens with zero attached hydrogens (tertiary/aromatic N) is 1. The van der Waals surface area contributed by atoms with E-state index in [-0.39, 0.29) is 17.4 Å². The zero-order chi connectivity index (χ0) is 15.5. The maximum Gasteiger partial charge on any atom is 0.371 e. The third kappa shape index (κ3) is 3.03. The molecule has 0 unspecified atom stereocenters. The van der Waals surface area contributed by atoms with Gasteiger partial charge in [-0.05, 0) is 36.5 Å². The van der Waals surface area contributed by atoms with Crippen LogP contribution in [-0.4, -0.2) is 35.0 Å². The number of amides is 1. The van der Waals surface area contributed by atoms with Gasteiger partial charge in [0.15, 0.2) is 5.76 Å². The standard InChI is InChI=1S/C17H17NO4/c19-16(14-6-7-15(22-14)17(20)21)18-9-8-13(11-18)10-12-4-2-1-3-5-12/h1-7,13H,8-11H2,(H,20,21)/t13-/m1/s1. The van der Waals surface area contributed by atoms with Crippen molar-refractivity contribution in [1.29, 1.82) is 0 Å². The van der Waals surface area contributed by atoms with Gasteiger partial charge in [0.2, 0.25) is 5.76 Å². The van der Waals surface area contributed by atoms with Gasteiger partial charge in [-0.1, -0.05) is 30.3 Å². The molecule has 0 aliphatic carbocycles. The van der Waals surface area contributed by atoms with Crippen LogP contribution in [0.5, 0.6) is 0 Å². The van der Waals surface area contributed by atoms with Crippen molar-refractivity contribution in [3.8, 4) is 0 Å². The molecular weight excluding hydrogens is 282 g/mol. The molecule has 22 heavy (non-hydrogen) atoms.